The third kappa shape index (κ3) is 10.9. The summed E-state index contributed by atoms with van der Waals surface area (Å²) in [6, 6.07) is 5.97. The highest BCUT2D eigenvalue weighted by Gasteiger charge is 2.19. The minimum absolute atomic E-state index is 0.558. The van der Waals surface area contributed by atoms with E-state index in [0.29, 0.717) is 30.8 Å². The maximum absolute atomic E-state index is 9.55. The van der Waals surface area contributed by atoms with Gasteiger partial charge in [-0.15, -0.1) is 0 Å². The Morgan fingerprint density at radius 3 is 1.90 bits per heavy atom. The molecule has 0 atom stereocenters. The number of aryl methyl sites for hydroxylation is 1. The topological polar surface area (TPSA) is 200 Å². The number of aromatic nitrogens is 3. The van der Waals surface area contributed by atoms with Crippen molar-refractivity contribution in [3.05, 3.63) is 72.1 Å². The highest BCUT2D eigenvalue weighted by atomic mass is 16.4. The average Bonchev–Trinajstić information content (AvgIpc) is 3.46. The Labute approximate surface area is 229 Å². The minimum atomic E-state index is -1.26. The smallest absolute Gasteiger partial charge is 0.328 e. The third-order valence-electron chi connectivity index (χ3n) is 5.55. The van der Waals surface area contributed by atoms with E-state index in [-0.39, 0.29) is 0 Å². The van der Waals surface area contributed by atoms with E-state index in [4.69, 9.17) is 29.8 Å². The Morgan fingerprint density at radius 2 is 1.43 bits per heavy atom. The lowest BCUT2D eigenvalue weighted by atomic mass is 10.3. The molecule has 14 nitrogen and oxygen atoms in total. The molecule has 1 aliphatic rings. The van der Waals surface area contributed by atoms with Gasteiger partial charge in [-0.3, -0.25) is 4.90 Å². The van der Waals surface area contributed by atoms with Crippen molar-refractivity contribution in [3.8, 4) is 0 Å². The quantitative estimate of drug-likeness (QED) is 0.291. The summed E-state index contributed by atoms with van der Waals surface area (Å²) < 4.78 is 7.84. The summed E-state index contributed by atoms with van der Waals surface area (Å²) in [6.07, 6.45) is 5.81. The first kappa shape index (κ1) is 31.4. The molecule has 4 N–H and O–H groups in total. The van der Waals surface area contributed by atoms with Gasteiger partial charge in [0.2, 0.25) is 0 Å². The monoisotopic (exact) mass is 557 g/mol. The van der Waals surface area contributed by atoms with E-state index in [0.717, 1.165) is 55.5 Å². The second-order valence-electron chi connectivity index (χ2n) is 8.59. The fraction of sp³-hybridized carbons (Fsp3) is 0.308. The first-order chi connectivity index (χ1) is 19.0. The van der Waals surface area contributed by atoms with E-state index in [1.807, 2.05) is 24.4 Å². The second kappa shape index (κ2) is 15.6. The normalized spacial score (nSPS) is 13.9. The number of fused-ring (bicyclic) bond motifs is 1. The van der Waals surface area contributed by atoms with Crippen LogP contribution >= 0.6 is 0 Å². The molecule has 0 amide bonds. The molecule has 1 aliphatic heterocycles. The Balaban J connectivity index is 0.000000290. The van der Waals surface area contributed by atoms with Gasteiger partial charge in [0, 0.05) is 56.7 Å². The number of imidazole rings is 1. The van der Waals surface area contributed by atoms with Crippen LogP contribution in [0.15, 0.2) is 59.4 Å². The molecule has 1 saturated heterocycles. The largest absolute Gasteiger partial charge is 0.478 e. The standard InChI is InChI=1S/C18H23N5O.2C4H4O4/c1-14-5-11-24-16(14)12-23-17(13-22-9-7-21(2)8-10-22)20-15-4-3-6-19-18(15)23;2*5-3(6)1-2-4(7)8/h3-6,11H,7-10,12-13H2,1-2H3;2*1-2H,(H,5,6)(H,7,8). The van der Waals surface area contributed by atoms with Gasteiger partial charge >= 0.3 is 23.9 Å². The number of aliphatic carboxylic acids is 4. The molecular weight excluding hydrogens is 526 g/mol. The van der Waals surface area contributed by atoms with Crippen molar-refractivity contribution < 1.29 is 44.0 Å². The number of carboxylic acid groups (broad SMARTS) is 4. The molecule has 1 fully saturated rings. The number of carboxylic acids is 4. The van der Waals surface area contributed by atoms with Gasteiger partial charge in [0.05, 0.1) is 19.4 Å². The average molecular weight is 558 g/mol. The van der Waals surface area contributed by atoms with Crippen molar-refractivity contribution in [2.24, 2.45) is 0 Å². The van der Waals surface area contributed by atoms with Gasteiger partial charge < -0.3 is 34.3 Å². The number of likely N-dealkylation sites (N-methyl/N-ethyl adjacent to an activating group) is 1. The number of rotatable bonds is 8. The van der Waals surface area contributed by atoms with Crippen molar-refractivity contribution in [2.45, 2.75) is 20.0 Å². The van der Waals surface area contributed by atoms with E-state index >= 15 is 0 Å². The molecule has 0 spiro atoms. The Morgan fingerprint density at radius 1 is 0.875 bits per heavy atom. The highest BCUT2D eigenvalue weighted by molar-refractivity contribution is 5.90. The van der Waals surface area contributed by atoms with Gasteiger partial charge in [0.15, 0.2) is 5.65 Å². The van der Waals surface area contributed by atoms with Gasteiger partial charge in [-0.1, -0.05) is 0 Å². The lowest BCUT2D eigenvalue weighted by molar-refractivity contribution is -0.134. The fourth-order valence-electron chi connectivity index (χ4n) is 3.49. The van der Waals surface area contributed by atoms with Crippen molar-refractivity contribution in [1.82, 2.24) is 24.3 Å². The molecular formula is C26H31N5O9. The van der Waals surface area contributed by atoms with Crippen molar-refractivity contribution >= 4 is 35.0 Å². The summed E-state index contributed by atoms with van der Waals surface area (Å²) in [5, 5.41) is 31.2. The molecule has 3 aromatic rings. The van der Waals surface area contributed by atoms with Gasteiger partial charge in [-0.05, 0) is 37.7 Å². The van der Waals surface area contributed by atoms with Crippen molar-refractivity contribution in [2.75, 3.05) is 33.2 Å². The zero-order valence-electron chi connectivity index (χ0n) is 22.0. The Kier molecular flexibility index (Phi) is 12.2. The number of nitrogens with zero attached hydrogens (tertiary/aromatic N) is 5. The van der Waals surface area contributed by atoms with Crippen LogP contribution in [0.2, 0.25) is 0 Å². The second-order valence-corrected chi connectivity index (χ2v) is 8.59. The summed E-state index contributed by atoms with van der Waals surface area (Å²) in [5.74, 6) is -3.00. The number of carbonyl (C=O) groups is 4. The van der Waals surface area contributed by atoms with Crippen LogP contribution in [0.25, 0.3) is 11.2 Å². The van der Waals surface area contributed by atoms with Crippen LogP contribution in [0.1, 0.15) is 17.1 Å². The highest BCUT2D eigenvalue weighted by Crippen LogP contribution is 2.19. The molecule has 4 heterocycles. The fourth-order valence-corrected chi connectivity index (χ4v) is 3.49. The number of hydrogen-bond donors (Lipinski definition) is 4. The molecule has 0 unspecified atom stereocenters. The molecule has 3 aromatic heterocycles. The summed E-state index contributed by atoms with van der Waals surface area (Å²) in [4.78, 5) is 52.4. The van der Waals surface area contributed by atoms with Crippen molar-refractivity contribution in [3.63, 3.8) is 0 Å². The van der Waals surface area contributed by atoms with Crippen LogP contribution in [0.4, 0.5) is 0 Å². The van der Waals surface area contributed by atoms with Gasteiger partial charge in [0.1, 0.15) is 17.1 Å². The molecule has 14 heteroatoms. The van der Waals surface area contributed by atoms with Gasteiger partial charge in [-0.2, -0.15) is 0 Å². The molecule has 40 heavy (non-hydrogen) atoms. The summed E-state index contributed by atoms with van der Waals surface area (Å²) >= 11 is 0. The van der Waals surface area contributed by atoms with Crippen molar-refractivity contribution in [1.29, 1.82) is 0 Å². The Bertz CT molecular complexity index is 1300. The maximum Gasteiger partial charge on any atom is 0.328 e. The summed E-state index contributed by atoms with van der Waals surface area (Å²) in [7, 11) is 2.18. The van der Waals surface area contributed by atoms with E-state index in [1.54, 1.807) is 6.26 Å². The number of piperazine rings is 1. The minimum Gasteiger partial charge on any atom is -0.478 e. The molecule has 214 valence electrons. The number of pyridine rings is 1. The van der Waals surface area contributed by atoms with Crippen LogP contribution in [0.5, 0.6) is 0 Å². The SMILES string of the molecule is Cc1ccoc1Cn1c(CN2CCN(C)CC2)nc2cccnc21.O=C(O)C=CC(=O)O.O=C(O)C=CC(=O)O. The third-order valence-corrected chi connectivity index (χ3v) is 5.55. The van der Waals surface area contributed by atoms with Crippen LogP contribution in [-0.4, -0.2) is 102 Å². The lowest BCUT2D eigenvalue weighted by Crippen LogP contribution is -2.44. The predicted octanol–water partition coefficient (Wildman–Crippen LogP) is 1.55. The molecule has 0 radical (unpaired) electrons. The first-order valence-corrected chi connectivity index (χ1v) is 12.0. The zero-order valence-corrected chi connectivity index (χ0v) is 22.0. The van der Waals surface area contributed by atoms with E-state index in [9.17, 15) is 19.2 Å². The first-order valence-electron chi connectivity index (χ1n) is 12.0. The van der Waals surface area contributed by atoms with Crippen LogP contribution in [-0.2, 0) is 32.3 Å². The lowest BCUT2D eigenvalue weighted by Gasteiger charge is -2.32. The van der Waals surface area contributed by atoms with Gasteiger partial charge in [0.25, 0.3) is 0 Å². The zero-order chi connectivity index (χ0) is 29.7. The predicted molar refractivity (Wildman–Crippen MR) is 142 cm³/mol. The van der Waals surface area contributed by atoms with Crippen LogP contribution < -0.4 is 0 Å². The van der Waals surface area contributed by atoms with E-state index < -0.39 is 23.9 Å². The summed E-state index contributed by atoms with van der Waals surface area (Å²) in [6.45, 7) is 7.97. The van der Waals surface area contributed by atoms with Crippen LogP contribution in [0.3, 0.4) is 0 Å². The maximum atomic E-state index is 9.55. The molecule has 0 saturated carbocycles. The van der Waals surface area contributed by atoms with E-state index in [2.05, 4.69) is 33.3 Å². The molecule has 0 aliphatic carbocycles. The number of furan rings is 1. The number of hydrogen-bond acceptors (Lipinski definition) is 9. The molecule has 4 rings (SSSR count). The van der Waals surface area contributed by atoms with Crippen LogP contribution in [0, 0.1) is 6.92 Å². The molecule has 0 bridgehead atoms. The Hall–Kier alpha value is -4.82. The van der Waals surface area contributed by atoms with E-state index in [1.165, 1.54) is 5.56 Å². The molecule has 0 aromatic carbocycles. The summed E-state index contributed by atoms with van der Waals surface area (Å²) in [5.41, 5.74) is 3.04. The van der Waals surface area contributed by atoms with Gasteiger partial charge in [-0.25, -0.2) is 29.1 Å².